The lowest BCUT2D eigenvalue weighted by Gasteiger charge is -2.21. The summed E-state index contributed by atoms with van der Waals surface area (Å²) in [5.41, 5.74) is 0.904. The van der Waals surface area contributed by atoms with E-state index in [2.05, 4.69) is 15.0 Å². The summed E-state index contributed by atoms with van der Waals surface area (Å²) in [5.74, 6) is 1.63. The van der Waals surface area contributed by atoms with Crippen LogP contribution in [0.15, 0.2) is 36.8 Å². The number of fused-ring (bicyclic) bond motifs is 1. The van der Waals surface area contributed by atoms with Crippen LogP contribution < -0.4 is 9.80 Å². The highest BCUT2D eigenvalue weighted by Gasteiger charge is 2.47. The Kier molecular flexibility index (Phi) is 2.70. The quantitative estimate of drug-likeness (QED) is 0.822. The molecule has 0 bridgehead atoms. The van der Waals surface area contributed by atoms with Crippen LogP contribution in [0.3, 0.4) is 0 Å². The van der Waals surface area contributed by atoms with Crippen molar-refractivity contribution in [3.8, 4) is 0 Å². The Hall–Kier alpha value is -2.37. The average molecular weight is 283 g/mol. The van der Waals surface area contributed by atoms with Gasteiger partial charge in [0.25, 0.3) is 0 Å². The molecule has 0 N–H and O–H groups in total. The highest BCUT2D eigenvalue weighted by atomic mass is 16.2. The van der Waals surface area contributed by atoms with E-state index in [1.165, 1.54) is 0 Å². The van der Waals surface area contributed by atoms with Crippen molar-refractivity contribution >= 4 is 17.4 Å². The van der Waals surface area contributed by atoms with Gasteiger partial charge in [-0.3, -0.25) is 9.48 Å². The monoisotopic (exact) mass is 283 g/mol. The molecule has 21 heavy (non-hydrogen) atoms. The van der Waals surface area contributed by atoms with Crippen LogP contribution in [-0.4, -0.2) is 40.3 Å². The number of aromatic nitrogens is 3. The second-order valence-corrected chi connectivity index (χ2v) is 5.78. The molecule has 6 nitrogen and oxygen atoms in total. The molecular weight excluding hydrogens is 266 g/mol. The van der Waals surface area contributed by atoms with Gasteiger partial charge in [0.1, 0.15) is 5.82 Å². The molecule has 6 heteroatoms. The van der Waals surface area contributed by atoms with E-state index in [1.54, 1.807) is 17.1 Å². The SMILES string of the molecule is Cn1cc(N2C[C@@H]3CN(c4ccccn4)C[C@H]3C2=O)cn1. The summed E-state index contributed by atoms with van der Waals surface area (Å²) in [5, 5.41) is 4.15. The highest BCUT2D eigenvalue weighted by molar-refractivity contribution is 5.98. The van der Waals surface area contributed by atoms with Crippen molar-refractivity contribution < 1.29 is 4.79 Å². The van der Waals surface area contributed by atoms with Crippen molar-refractivity contribution in [1.29, 1.82) is 0 Å². The fourth-order valence-electron chi connectivity index (χ4n) is 3.37. The van der Waals surface area contributed by atoms with Crippen LogP contribution in [0, 0.1) is 11.8 Å². The number of hydrogen-bond donors (Lipinski definition) is 0. The molecule has 2 saturated heterocycles. The van der Waals surface area contributed by atoms with E-state index in [0.29, 0.717) is 5.92 Å². The molecule has 108 valence electrons. The van der Waals surface area contributed by atoms with E-state index in [-0.39, 0.29) is 11.8 Å². The summed E-state index contributed by atoms with van der Waals surface area (Å²) in [6.07, 6.45) is 5.46. The van der Waals surface area contributed by atoms with Gasteiger partial charge in [-0.05, 0) is 12.1 Å². The fraction of sp³-hybridized carbons (Fsp3) is 0.400. The minimum Gasteiger partial charge on any atom is -0.355 e. The van der Waals surface area contributed by atoms with E-state index in [4.69, 9.17) is 0 Å². The average Bonchev–Trinajstić information content (AvgIpc) is 3.17. The van der Waals surface area contributed by atoms with Gasteiger partial charge in [0.05, 0.1) is 17.8 Å². The van der Waals surface area contributed by atoms with E-state index >= 15 is 0 Å². The van der Waals surface area contributed by atoms with E-state index in [9.17, 15) is 4.79 Å². The first-order chi connectivity index (χ1) is 10.2. The Balaban J connectivity index is 1.52. The Morgan fingerprint density at radius 2 is 2.14 bits per heavy atom. The van der Waals surface area contributed by atoms with Crippen molar-refractivity contribution in [3.63, 3.8) is 0 Å². The number of anilines is 2. The van der Waals surface area contributed by atoms with Crippen LogP contribution in [0.25, 0.3) is 0 Å². The molecule has 0 spiro atoms. The first kappa shape index (κ1) is 12.4. The number of pyridine rings is 1. The van der Waals surface area contributed by atoms with Crippen molar-refractivity contribution in [1.82, 2.24) is 14.8 Å². The van der Waals surface area contributed by atoms with Gasteiger partial charge in [0.15, 0.2) is 0 Å². The molecule has 1 amide bonds. The number of carbonyl (C=O) groups excluding carboxylic acids is 1. The third-order valence-corrected chi connectivity index (χ3v) is 4.42. The molecule has 2 aliphatic rings. The van der Waals surface area contributed by atoms with Crippen molar-refractivity contribution in [2.24, 2.45) is 18.9 Å². The normalized spacial score (nSPS) is 24.7. The molecule has 2 aliphatic heterocycles. The predicted octanol–water partition coefficient (Wildman–Crippen LogP) is 0.914. The van der Waals surface area contributed by atoms with E-state index in [1.807, 2.05) is 36.3 Å². The zero-order chi connectivity index (χ0) is 14.4. The Labute approximate surface area is 123 Å². The molecule has 0 radical (unpaired) electrons. The maximum atomic E-state index is 12.6. The number of rotatable bonds is 2. The third kappa shape index (κ3) is 1.98. The van der Waals surface area contributed by atoms with Gasteiger partial charge in [-0.2, -0.15) is 5.10 Å². The standard InChI is InChI=1S/C15H17N5O/c1-18-9-12(6-17-18)20-8-11-7-19(10-13(11)15(20)21)14-4-2-3-5-16-14/h2-6,9,11,13H,7-8,10H2,1H3/t11-,13+/m0/s1. The molecule has 4 rings (SSSR count). The Morgan fingerprint density at radius 1 is 1.24 bits per heavy atom. The summed E-state index contributed by atoms with van der Waals surface area (Å²) in [6.45, 7) is 2.43. The summed E-state index contributed by atoms with van der Waals surface area (Å²) in [7, 11) is 1.87. The van der Waals surface area contributed by atoms with Gasteiger partial charge >= 0.3 is 0 Å². The predicted molar refractivity (Wildman–Crippen MR) is 79.0 cm³/mol. The third-order valence-electron chi connectivity index (χ3n) is 4.42. The molecule has 2 aromatic heterocycles. The number of carbonyl (C=O) groups is 1. The lowest BCUT2D eigenvalue weighted by atomic mass is 10.0. The van der Waals surface area contributed by atoms with Gasteiger partial charge < -0.3 is 9.80 Å². The Morgan fingerprint density at radius 3 is 2.81 bits per heavy atom. The van der Waals surface area contributed by atoms with Crippen LogP contribution in [0.2, 0.25) is 0 Å². The molecule has 2 aromatic rings. The summed E-state index contributed by atoms with van der Waals surface area (Å²) < 4.78 is 1.73. The maximum Gasteiger partial charge on any atom is 0.232 e. The second-order valence-electron chi connectivity index (χ2n) is 5.78. The van der Waals surface area contributed by atoms with Gasteiger partial charge in [-0.1, -0.05) is 6.07 Å². The van der Waals surface area contributed by atoms with Crippen molar-refractivity contribution in [2.75, 3.05) is 29.4 Å². The molecule has 0 unspecified atom stereocenters. The summed E-state index contributed by atoms with van der Waals surface area (Å²) in [6, 6.07) is 5.90. The maximum absolute atomic E-state index is 12.6. The minimum absolute atomic E-state index is 0.0761. The van der Waals surface area contributed by atoms with Gasteiger partial charge in [-0.15, -0.1) is 0 Å². The molecule has 0 aliphatic carbocycles. The zero-order valence-electron chi connectivity index (χ0n) is 11.9. The van der Waals surface area contributed by atoms with Gasteiger partial charge in [0.2, 0.25) is 5.91 Å². The first-order valence-corrected chi connectivity index (χ1v) is 7.18. The number of nitrogens with zero attached hydrogens (tertiary/aromatic N) is 5. The smallest absolute Gasteiger partial charge is 0.232 e. The molecule has 0 aromatic carbocycles. The number of hydrogen-bond acceptors (Lipinski definition) is 4. The minimum atomic E-state index is 0.0761. The molecule has 0 saturated carbocycles. The van der Waals surface area contributed by atoms with Crippen LogP contribution in [0.5, 0.6) is 0 Å². The number of aryl methyl sites for hydroxylation is 1. The van der Waals surface area contributed by atoms with Crippen LogP contribution in [0.1, 0.15) is 0 Å². The van der Waals surface area contributed by atoms with E-state index < -0.39 is 0 Å². The molecule has 2 fully saturated rings. The van der Waals surface area contributed by atoms with Gasteiger partial charge in [0, 0.05) is 45.0 Å². The largest absolute Gasteiger partial charge is 0.355 e. The lowest BCUT2D eigenvalue weighted by molar-refractivity contribution is -0.120. The van der Waals surface area contributed by atoms with Crippen LogP contribution >= 0.6 is 0 Å². The second kappa shape index (κ2) is 4.58. The molecule has 4 heterocycles. The summed E-state index contributed by atoms with van der Waals surface area (Å²) >= 11 is 0. The fourth-order valence-corrected chi connectivity index (χ4v) is 3.37. The topological polar surface area (TPSA) is 54.3 Å². The van der Waals surface area contributed by atoms with Crippen LogP contribution in [0.4, 0.5) is 11.5 Å². The van der Waals surface area contributed by atoms with E-state index in [0.717, 1.165) is 31.1 Å². The highest BCUT2D eigenvalue weighted by Crippen LogP contribution is 2.36. The Bertz CT molecular complexity index is 668. The number of amides is 1. The van der Waals surface area contributed by atoms with Crippen molar-refractivity contribution in [2.45, 2.75) is 0 Å². The molecule has 2 atom stereocenters. The first-order valence-electron chi connectivity index (χ1n) is 7.18. The summed E-state index contributed by atoms with van der Waals surface area (Å²) in [4.78, 5) is 21.1. The molecular formula is C15H17N5O. The van der Waals surface area contributed by atoms with Gasteiger partial charge in [-0.25, -0.2) is 4.98 Å². The van der Waals surface area contributed by atoms with Crippen LogP contribution in [-0.2, 0) is 11.8 Å². The van der Waals surface area contributed by atoms with Crippen molar-refractivity contribution in [3.05, 3.63) is 36.8 Å². The lowest BCUT2D eigenvalue weighted by Crippen LogP contribution is -2.32. The zero-order valence-corrected chi connectivity index (χ0v) is 11.9.